The molecule has 0 saturated carbocycles. The molecule has 1 saturated heterocycles. The maximum absolute atomic E-state index is 14.2. The third kappa shape index (κ3) is 3.24. The van der Waals surface area contributed by atoms with E-state index in [1.807, 2.05) is 32.0 Å². The van der Waals surface area contributed by atoms with E-state index in [1.54, 1.807) is 4.90 Å². The Balaban J connectivity index is 1.71. The molecule has 0 bridgehead atoms. The lowest BCUT2D eigenvalue weighted by Crippen LogP contribution is -2.30. The lowest BCUT2D eigenvalue weighted by atomic mass is 9.89. The zero-order valence-corrected chi connectivity index (χ0v) is 16.0. The summed E-state index contributed by atoms with van der Waals surface area (Å²) < 4.78 is 14.2. The first-order valence-corrected chi connectivity index (χ1v) is 9.46. The van der Waals surface area contributed by atoms with Crippen molar-refractivity contribution < 1.29 is 9.18 Å². The van der Waals surface area contributed by atoms with Gasteiger partial charge in [-0.2, -0.15) is 0 Å². The molecule has 1 aromatic heterocycles. The summed E-state index contributed by atoms with van der Waals surface area (Å²) in [5.74, 6) is -0.368. The van der Waals surface area contributed by atoms with Gasteiger partial charge in [0.05, 0.1) is 22.5 Å². The van der Waals surface area contributed by atoms with E-state index in [0.29, 0.717) is 30.7 Å². The van der Waals surface area contributed by atoms with E-state index < -0.39 is 5.82 Å². The minimum atomic E-state index is -0.484. The molecule has 2 atom stereocenters. The number of hydrogen-bond acceptors (Lipinski definition) is 4. The van der Waals surface area contributed by atoms with E-state index in [4.69, 9.17) is 5.73 Å². The first-order chi connectivity index (χ1) is 13.5. The number of hydrogen-bond donors (Lipinski definition) is 1. The molecule has 6 heteroatoms. The highest BCUT2D eigenvalue weighted by Crippen LogP contribution is 2.33. The van der Waals surface area contributed by atoms with Crippen molar-refractivity contribution in [3.8, 4) is 0 Å². The van der Waals surface area contributed by atoms with Crippen molar-refractivity contribution in [1.29, 1.82) is 0 Å². The van der Waals surface area contributed by atoms with Crippen molar-refractivity contribution in [2.24, 2.45) is 11.7 Å². The Morgan fingerprint density at radius 2 is 1.86 bits per heavy atom. The highest BCUT2D eigenvalue weighted by molar-refractivity contribution is 6.05. The fourth-order valence-corrected chi connectivity index (χ4v) is 3.98. The lowest BCUT2D eigenvalue weighted by Gasteiger charge is -2.18. The number of rotatable bonds is 3. The largest absolute Gasteiger partial charge is 0.338 e. The minimum Gasteiger partial charge on any atom is -0.338 e. The van der Waals surface area contributed by atoms with Crippen molar-refractivity contribution >= 4 is 16.9 Å². The molecule has 3 aromatic rings. The molecule has 0 aliphatic carbocycles. The summed E-state index contributed by atoms with van der Waals surface area (Å²) in [5, 5.41) is 0. The molecule has 0 spiro atoms. The summed E-state index contributed by atoms with van der Waals surface area (Å²) in [5.41, 5.74) is 9.73. The van der Waals surface area contributed by atoms with Crippen LogP contribution in [0, 0.1) is 25.6 Å². The topological polar surface area (TPSA) is 72.1 Å². The zero-order chi connectivity index (χ0) is 19.8. The number of nitrogens with two attached hydrogens (primary N) is 1. The van der Waals surface area contributed by atoms with E-state index in [-0.39, 0.29) is 23.3 Å². The highest BCUT2D eigenvalue weighted by atomic mass is 19.1. The highest BCUT2D eigenvalue weighted by Gasteiger charge is 2.36. The van der Waals surface area contributed by atoms with Gasteiger partial charge in [-0.25, -0.2) is 14.4 Å². The number of halogens is 1. The van der Waals surface area contributed by atoms with E-state index in [9.17, 15) is 9.18 Å². The van der Waals surface area contributed by atoms with Crippen LogP contribution in [0.15, 0.2) is 42.5 Å². The first-order valence-electron chi connectivity index (χ1n) is 9.46. The second-order valence-corrected chi connectivity index (χ2v) is 7.44. The van der Waals surface area contributed by atoms with Crippen LogP contribution >= 0.6 is 0 Å². The van der Waals surface area contributed by atoms with Gasteiger partial charge < -0.3 is 10.6 Å². The number of benzene rings is 2. The number of amides is 1. The Kier molecular flexibility index (Phi) is 4.81. The molecule has 1 aliphatic rings. The monoisotopic (exact) mass is 378 g/mol. The third-order valence-corrected chi connectivity index (χ3v) is 5.63. The van der Waals surface area contributed by atoms with Crippen LogP contribution in [0.2, 0.25) is 0 Å². The molecular formula is C22H23FN4O. The number of carbonyl (C=O) groups is 1. The average Bonchev–Trinajstić information content (AvgIpc) is 3.13. The standard InChI is InChI=1S/C22H23FN4O/c1-13-14(2)26-21-18(8-17(23)9-20(21)25-13)22(28)27-11-16(10-24)19(12-27)15-6-4-3-5-7-15/h3-9,16,19H,10-12,24H2,1-2H3/t16-,19+/m1/s1. The van der Waals surface area contributed by atoms with Gasteiger partial charge in [0.2, 0.25) is 0 Å². The Labute approximate surface area is 163 Å². The SMILES string of the molecule is Cc1nc2cc(F)cc(C(=O)N3C[C@@H](CN)[C@H](c4ccccc4)C3)c2nc1C. The number of nitrogens with zero attached hydrogens (tertiary/aromatic N) is 3. The zero-order valence-electron chi connectivity index (χ0n) is 16.0. The molecule has 1 fully saturated rings. The summed E-state index contributed by atoms with van der Waals surface area (Å²) in [6.07, 6.45) is 0. The van der Waals surface area contributed by atoms with Gasteiger partial charge in [0.15, 0.2) is 0 Å². The molecule has 4 rings (SSSR count). The van der Waals surface area contributed by atoms with Crippen LogP contribution in [0.1, 0.15) is 33.2 Å². The van der Waals surface area contributed by atoms with E-state index in [1.165, 1.54) is 17.7 Å². The number of fused-ring (bicyclic) bond motifs is 1. The van der Waals surface area contributed by atoms with Crippen molar-refractivity contribution in [1.82, 2.24) is 14.9 Å². The Morgan fingerprint density at radius 1 is 1.14 bits per heavy atom. The molecule has 5 nitrogen and oxygen atoms in total. The van der Waals surface area contributed by atoms with Crippen molar-refractivity contribution in [3.63, 3.8) is 0 Å². The van der Waals surface area contributed by atoms with Crippen LogP contribution in [0.3, 0.4) is 0 Å². The van der Waals surface area contributed by atoms with Gasteiger partial charge >= 0.3 is 0 Å². The smallest absolute Gasteiger partial charge is 0.256 e. The molecule has 144 valence electrons. The van der Waals surface area contributed by atoms with Gasteiger partial charge in [-0.3, -0.25) is 4.79 Å². The van der Waals surface area contributed by atoms with Gasteiger partial charge in [0.1, 0.15) is 11.3 Å². The predicted molar refractivity (Wildman–Crippen MR) is 107 cm³/mol. The summed E-state index contributed by atoms with van der Waals surface area (Å²) in [6, 6.07) is 12.7. The summed E-state index contributed by atoms with van der Waals surface area (Å²) >= 11 is 0. The van der Waals surface area contributed by atoms with Crippen molar-refractivity contribution in [3.05, 3.63) is 70.8 Å². The van der Waals surface area contributed by atoms with E-state index in [0.717, 1.165) is 11.4 Å². The molecule has 0 radical (unpaired) electrons. The molecule has 1 aliphatic heterocycles. The van der Waals surface area contributed by atoms with E-state index >= 15 is 0 Å². The maximum atomic E-state index is 14.2. The lowest BCUT2D eigenvalue weighted by molar-refractivity contribution is 0.0787. The van der Waals surface area contributed by atoms with Crippen LogP contribution in [0.5, 0.6) is 0 Å². The van der Waals surface area contributed by atoms with Crippen LogP contribution in [0.4, 0.5) is 4.39 Å². The Morgan fingerprint density at radius 3 is 2.57 bits per heavy atom. The average molecular weight is 378 g/mol. The second kappa shape index (κ2) is 7.28. The van der Waals surface area contributed by atoms with Crippen LogP contribution in [-0.2, 0) is 0 Å². The summed E-state index contributed by atoms with van der Waals surface area (Å²) in [4.78, 5) is 24.0. The number of aromatic nitrogens is 2. The van der Waals surface area contributed by atoms with Gasteiger partial charge in [-0.05, 0) is 37.9 Å². The van der Waals surface area contributed by atoms with Gasteiger partial charge in [-0.1, -0.05) is 30.3 Å². The predicted octanol–water partition coefficient (Wildman–Crippen LogP) is 3.20. The van der Waals surface area contributed by atoms with Crippen LogP contribution < -0.4 is 5.73 Å². The molecule has 28 heavy (non-hydrogen) atoms. The van der Waals surface area contributed by atoms with Crippen molar-refractivity contribution in [2.45, 2.75) is 19.8 Å². The summed E-state index contributed by atoms with van der Waals surface area (Å²) in [6.45, 7) is 5.26. The number of aryl methyl sites for hydroxylation is 2. The first kappa shape index (κ1) is 18.5. The molecule has 2 N–H and O–H groups in total. The normalized spacial score (nSPS) is 19.4. The third-order valence-electron chi connectivity index (χ3n) is 5.63. The second-order valence-electron chi connectivity index (χ2n) is 7.44. The maximum Gasteiger partial charge on any atom is 0.256 e. The van der Waals surface area contributed by atoms with Crippen LogP contribution in [-0.4, -0.2) is 40.4 Å². The van der Waals surface area contributed by atoms with Crippen molar-refractivity contribution in [2.75, 3.05) is 19.6 Å². The molecule has 2 aromatic carbocycles. The quantitative estimate of drug-likeness (QED) is 0.760. The molecule has 1 amide bonds. The van der Waals surface area contributed by atoms with Gasteiger partial charge in [0.25, 0.3) is 5.91 Å². The molecule has 0 unspecified atom stereocenters. The Bertz CT molecular complexity index is 1040. The number of carbonyl (C=O) groups excluding carboxylic acids is 1. The Hall–Kier alpha value is -2.86. The summed E-state index contributed by atoms with van der Waals surface area (Å²) in [7, 11) is 0. The molecular weight excluding hydrogens is 355 g/mol. The molecule has 2 heterocycles. The fraction of sp³-hybridized carbons (Fsp3) is 0.318. The number of likely N-dealkylation sites (tertiary alicyclic amines) is 1. The van der Waals surface area contributed by atoms with Crippen LogP contribution in [0.25, 0.3) is 11.0 Å². The van der Waals surface area contributed by atoms with Gasteiger partial charge in [-0.15, -0.1) is 0 Å². The minimum absolute atomic E-state index is 0.168. The van der Waals surface area contributed by atoms with E-state index in [2.05, 4.69) is 22.1 Å². The fourth-order valence-electron chi connectivity index (χ4n) is 3.98. The van der Waals surface area contributed by atoms with Gasteiger partial charge in [0, 0.05) is 25.1 Å².